The summed E-state index contributed by atoms with van der Waals surface area (Å²) in [7, 11) is 4.26. The molecule has 0 saturated carbocycles. The second-order valence-electron chi connectivity index (χ2n) is 1.21. The van der Waals surface area contributed by atoms with Crippen molar-refractivity contribution in [3.05, 3.63) is 6.92 Å². The quantitative estimate of drug-likeness (QED) is 0.436. The fourth-order valence-corrected chi connectivity index (χ4v) is 0.250. The Morgan fingerprint density at radius 2 is 2.00 bits per heavy atom. The molecule has 0 heterocycles. The molecule has 0 N–H and O–H groups in total. The summed E-state index contributed by atoms with van der Waals surface area (Å²) in [5, 5.41) is 0. The van der Waals surface area contributed by atoms with Crippen molar-refractivity contribution in [2.24, 2.45) is 0 Å². The van der Waals surface area contributed by atoms with Gasteiger partial charge in [-0.3, -0.25) is 0 Å². The van der Waals surface area contributed by atoms with E-state index in [-0.39, 0.29) is 0 Å². The predicted molar refractivity (Wildman–Crippen MR) is 30.7 cm³/mol. The molecule has 49 valence electrons. The number of halogens is 1. The predicted octanol–water partition coefficient (Wildman–Crippen LogP) is 2.70. The molecule has 0 fully saturated rings. The average Bonchev–Trinajstić information content (AvgIpc) is 1.75. The Kier molecular flexibility index (Phi) is 24.2. The Bertz CT molecular complexity index is 15.6. The third kappa shape index (κ3) is 20.0. The van der Waals surface area contributed by atoms with Gasteiger partial charge in [0.15, 0.2) is 0 Å². The van der Waals surface area contributed by atoms with E-state index < -0.39 is 0 Å². The van der Waals surface area contributed by atoms with Crippen molar-refractivity contribution in [3.63, 3.8) is 0 Å². The van der Waals surface area contributed by atoms with Gasteiger partial charge in [-0.2, -0.15) is 6.42 Å². The van der Waals surface area contributed by atoms with Crippen LogP contribution in [0.15, 0.2) is 0 Å². The SMILES string of the molecule is [CH2-]CCCC.[Cl][Ni]. The van der Waals surface area contributed by atoms with E-state index in [4.69, 9.17) is 0 Å². The Hall–Kier alpha value is 0.784. The summed E-state index contributed by atoms with van der Waals surface area (Å²) in [6.07, 6.45) is 3.65. The van der Waals surface area contributed by atoms with Crippen LogP contribution in [0.1, 0.15) is 26.2 Å². The monoisotopic (exact) mass is 164 g/mol. The van der Waals surface area contributed by atoms with Gasteiger partial charge in [0, 0.05) is 0 Å². The van der Waals surface area contributed by atoms with Crippen LogP contribution >= 0.6 is 10.2 Å². The first-order valence-electron chi connectivity index (χ1n) is 2.33. The molecule has 7 heavy (non-hydrogen) atoms. The van der Waals surface area contributed by atoms with E-state index >= 15 is 0 Å². The zero-order valence-electron chi connectivity index (χ0n) is 4.52. The van der Waals surface area contributed by atoms with Crippen molar-refractivity contribution >= 4 is 10.2 Å². The van der Waals surface area contributed by atoms with E-state index in [1.165, 1.54) is 12.8 Å². The standard InChI is InChI=1S/C5H11.ClH.Ni/c1-3-5-4-2;;/h1,3-5H2,2H3;1H;/q-1;;+1/p-1. The fourth-order valence-electron chi connectivity index (χ4n) is 0.250. The van der Waals surface area contributed by atoms with Crippen LogP contribution in [0.2, 0.25) is 0 Å². The van der Waals surface area contributed by atoms with Gasteiger partial charge in [0.1, 0.15) is 0 Å². The minimum atomic E-state index is 1.09. The van der Waals surface area contributed by atoms with Crippen molar-refractivity contribution < 1.29 is 14.6 Å². The summed E-state index contributed by atoms with van der Waals surface area (Å²) >= 11 is 3.35. The van der Waals surface area contributed by atoms with Crippen molar-refractivity contribution in [1.29, 1.82) is 0 Å². The normalized spacial score (nSPS) is 7.00. The maximum absolute atomic E-state index is 4.26. The van der Waals surface area contributed by atoms with Crippen LogP contribution in [0.5, 0.6) is 0 Å². The molecule has 0 rings (SSSR count). The second-order valence-corrected chi connectivity index (χ2v) is 1.21. The molecule has 2 heteroatoms. The van der Waals surface area contributed by atoms with Crippen LogP contribution in [-0.4, -0.2) is 0 Å². The number of hydrogen-bond donors (Lipinski definition) is 0. The first-order chi connectivity index (χ1) is 3.41. The maximum atomic E-state index is 4.26. The summed E-state index contributed by atoms with van der Waals surface area (Å²) in [4.78, 5) is 0. The van der Waals surface area contributed by atoms with E-state index in [9.17, 15) is 0 Å². The third-order valence-corrected chi connectivity index (χ3v) is 0.604. The van der Waals surface area contributed by atoms with E-state index in [1.54, 1.807) is 0 Å². The number of unbranched alkanes of at least 4 members (excludes halogenated alkanes) is 2. The molecular weight excluding hydrogens is 154 g/mol. The number of hydrogen-bond acceptors (Lipinski definition) is 0. The third-order valence-electron chi connectivity index (χ3n) is 0.604. The summed E-state index contributed by atoms with van der Waals surface area (Å²) in [5.41, 5.74) is 0. The van der Waals surface area contributed by atoms with E-state index in [0.717, 1.165) is 6.42 Å². The molecule has 0 unspecified atom stereocenters. The van der Waals surface area contributed by atoms with Gasteiger partial charge >= 0.3 is 24.8 Å². The van der Waals surface area contributed by atoms with Gasteiger partial charge in [-0.25, -0.2) is 0 Å². The summed E-state index contributed by atoms with van der Waals surface area (Å²) < 4.78 is 0. The molecule has 0 aromatic rings. The molecule has 0 radical (unpaired) electrons. The van der Waals surface area contributed by atoms with E-state index in [1.807, 2.05) is 0 Å². The Labute approximate surface area is 58.3 Å². The van der Waals surface area contributed by atoms with Crippen molar-refractivity contribution in [2.75, 3.05) is 0 Å². The van der Waals surface area contributed by atoms with Crippen LogP contribution in [0.3, 0.4) is 0 Å². The Morgan fingerprint density at radius 1 is 1.57 bits per heavy atom. The van der Waals surface area contributed by atoms with Crippen LogP contribution < -0.4 is 0 Å². The molecule has 0 spiro atoms. The van der Waals surface area contributed by atoms with Gasteiger partial charge in [0.2, 0.25) is 0 Å². The Balaban J connectivity index is 0. The summed E-state index contributed by atoms with van der Waals surface area (Å²) in [5.74, 6) is 0. The van der Waals surface area contributed by atoms with Crippen molar-refractivity contribution in [1.82, 2.24) is 0 Å². The van der Waals surface area contributed by atoms with E-state index in [2.05, 4.69) is 38.6 Å². The molecule has 0 aromatic carbocycles. The molecule has 0 aliphatic rings. The van der Waals surface area contributed by atoms with Crippen molar-refractivity contribution in [2.45, 2.75) is 26.2 Å². The molecule has 0 amide bonds. The molecular formula is C5H11ClNi-. The summed E-state index contributed by atoms with van der Waals surface area (Å²) in [6, 6.07) is 0. The van der Waals surface area contributed by atoms with Gasteiger partial charge in [-0.15, -0.1) is 0 Å². The minimum absolute atomic E-state index is 1.09. The number of rotatable bonds is 2. The first kappa shape index (κ1) is 10.7. The fraction of sp³-hybridized carbons (Fsp3) is 0.800. The van der Waals surface area contributed by atoms with Crippen LogP contribution in [-0.2, 0) is 14.6 Å². The van der Waals surface area contributed by atoms with E-state index in [0.29, 0.717) is 0 Å². The van der Waals surface area contributed by atoms with Crippen LogP contribution in [0, 0.1) is 6.92 Å². The second kappa shape index (κ2) is 15.9. The molecule has 0 nitrogen and oxygen atoms in total. The average molecular weight is 165 g/mol. The van der Waals surface area contributed by atoms with Gasteiger partial charge < -0.3 is 6.92 Å². The van der Waals surface area contributed by atoms with Gasteiger partial charge in [0.25, 0.3) is 0 Å². The van der Waals surface area contributed by atoms with Gasteiger partial charge in [-0.1, -0.05) is 19.8 Å². The van der Waals surface area contributed by atoms with Gasteiger partial charge in [-0.05, 0) is 0 Å². The topological polar surface area (TPSA) is 0 Å². The van der Waals surface area contributed by atoms with Crippen molar-refractivity contribution in [3.8, 4) is 0 Å². The Morgan fingerprint density at radius 3 is 2.00 bits per heavy atom. The molecule has 0 saturated heterocycles. The first-order valence-corrected chi connectivity index (χ1v) is 3.69. The molecule has 0 atom stereocenters. The molecule has 0 aliphatic carbocycles. The molecule has 0 aliphatic heterocycles. The van der Waals surface area contributed by atoms with Crippen LogP contribution in [0.25, 0.3) is 0 Å². The molecule has 0 bridgehead atoms. The zero-order valence-corrected chi connectivity index (χ0v) is 6.27. The molecule has 0 aromatic heterocycles. The summed E-state index contributed by atoms with van der Waals surface area (Å²) in [6.45, 7) is 5.85. The zero-order chi connectivity index (χ0) is 6.12. The van der Waals surface area contributed by atoms with Gasteiger partial charge in [0.05, 0.1) is 0 Å². The van der Waals surface area contributed by atoms with Crippen LogP contribution in [0.4, 0.5) is 0 Å².